The van der Waals surface area contributed by atoms with Crippen molar-refractivity contribution in [1.82, 2.24) is 19.7 Å². The van der Waals surface area contributed by atoms with E-state index in [1.54, 1.807) is 10.7 Å². The highest BCUT2D eigenvalue weighted by molar-refractivity contribution is 5.99. The minimum absolute atomic E-state index is 0.0443. The second kappa shape index (κ2) is 9.36. The predicted molar refractivity (Wildman–Crippen MR) is 161 cm³/mol. The Bertz CT molecular complexity index is 1910. The molecule has 3 aromatic heterocycles. The number of rotatable bonds is 4. The Hall–Kier alpha value is -4.33. The predicted octanol–water partition coefficient (Wildman–Crippen LogP) is 7.47. The third kappa shape index (κ3) is 4.71. The Morgan fingerprint density at radius 2 is 1.80 bits per heavy atom. The van der Waals surface area contributed by atoms with Crippen LogP contribution in [0.4, 0.5) is 10.2 Å². The van der Waals surface area contributed by atoms with Gasteiger partial charge in [0.25, 0.3) is 0 Å². The number of fused-ring (bicyclic) bond motifs is 2. The lowest BCUT2D eigenvalue weighted by molar-refractivity contribution is 0.228. The van der Waals surface area contributed by atoms with Crippen LogP contribution < -0.4 is 11.4 Å². The maximum absolute atomic E-state index is 14.5. The summed E-state index contributed by atoms with van der Waals surface area (Å²) in [5.41, 5.74) is 10.3. The van der Waals surface area contributed by atoms with Gasteiger partial charge in [0.2, 0.25) is 0 Å². The van der Waals surface area contributed by atoms with Gasteiger partial charge in [-0.05, 0) is 78.3 Å². The highest BCUT2D eigenvalue weighted by atomic mass is 19.1. The van der Waals surface area contributed by atoms with Crippen LogP contribution in [0.2, 0.25) is 0 Å². The van der Waals surface area contributed by atoms with E-state index in [1.165, 1.54) is 18.5 Å². The van der Waals surface area contributed by atoms with Gasteiger partial charge in [-0.25, -0.2) is 23.8 Å². The molecule has 5 aromatic rings. The number of aryl methyl sites for hydroxylation is 1. The van der Waals surface area contributed by atoms with Gasteiger partial charge in [0, 0.05) is 11.1 Å². The van der Waals surface area contributed by atoms with Crippen molar-refractivity contribution in [3.8, 4) is 11.3 Å². The van der Waals surface area contributed by atoms with Crippen molar-refractivity contribution >= 4 is 33.2 Å². The largest absolute Gasteiger partial charge is 0.424 e. The normalized spacial score (nSPS) is 17.1. The number of allylic oxidation sites excluding steroid dienone is 2. The molecule has 1 aliphatic carbocycles. The number of nitrogens with two attached hydrogens (primary N) is 1. The van der Waals surface area contributed by atoms with Gasteiger partial charge in [-0.3, -0.25) is 0 Å². The number of hydrogen-bond acceptors (Lipinski definition) is 6. The van der Waals surface area contributed by atoms with E-state index in [-0.39, 0.29) is 22.5 Å². The van der Waals surface area contributed by atoms with E-state index in [0.29, 0.717) is 33.4 Å². The summed E-state index contributed by atoms with van der Waals surface area (Å²) in [4.78, 5) is 22.1. The number of hydrogen-bond donors (Lipinski definition) is 1. The van der Waals surface area contributed by atoms with Crippen LogP contribution >= 0.6 is 0 Å². The van der Waals surface area contributed by atoms with Crippen molar-refractivity contribution in [2.45, 2.75) is 60.4 Å². The number of nitrogen functional groups attached to an aromatic ring is 1. The molecule has 0 saturated heterocycles. The zero-order chi connectivity index (χ0) is 29.3. The summed E-state index contributed by atoms with van der Waals surface area (Å²) >= 11 is 0. The van der Waals surface area contributed by atoms with E-state index in [9.17, 15) is 9.18 Å². The number of anilines is 1. The summed E-state index contributed by atoms with van der Waals surface area (Å²) in [5, 5.41) is 6.82. The molecule has 0 aliphatic heterocycles. The van der Waals surface area contributed by atoms with Gasteiger partial charge in [-0.2, -0.15) is 5.10 Å². The van der Waals surface area contributed by atoms with Gasteiger partial charge in [-0.15, -0.1) is 0 Å². The van der Waals surface area contributed by atoms with Crippen LogP contribution in [-0.2, 0) is 0 Å². The first-order chi connectivity index (χ1) is 19.3. The Morgan fingerprint density at radius 1 is 1.07 bits per heavy atom. The molecular formula is C33H34FN5O2. The number of benzene rings is 2. The zero-order valence-electron chi connectivity index (χ0n) is 24.2. The Kier molecular flexibility index (Phi) is 6.14. The molecule has 0 radical (unpaired) electrons. The van der Waals surface area contributed by atoms with Gasteiger partial charge < -0.3 is 10.2 Å². The summed E-state index contributed by atoms with van der Waals surface area (Å²) in [6.07, 6.45) is 5.57. The van der Waals surface area contributed by atoms with Crippen LogP contribution in [0.1, 0.15) is 70.4 Å². The van der Waals surface area contributed by atoms with E-state index in [2.05, 4.69) is 43.7 Å². The molecular weight excluding hydrogens is 517 g/mol. The number of aromatic nitrogens is 4. The summed E-state index contributed by atoms with van der Waals surface area (Å²) < 4.78 is 22.3. The van der Waals surface area contributed by atoms with Gasteiger partial charge in [0.15, 0.2) is 5.65 Å². The van der Waals surface area contributed by atoms with Gasteiger partial charge in [0.1, 0.15) is 35.5 Å². The minimum atomic E-state index is -0.545. The fourth-order valence-corrected chi connectivity index (χ4v) is 6.84. The summed E-state index contributed by atoms with van der Waals surface area (Å²) in [5.74, 6) is 0.365. The van der Waals surface area contributed by atoms with E-state index in [4.69, 9.17) is 15.2 Å². The maximum Gasteiger partial charge on any atom is 0.343 e. The molecule has 1 aliphatic rings. The smallest absolute Gasteiger partial charge is 0.343 e. The van der Waals surface area contributed by atoms with Crippen molar-refractivity contribution in [3.05, 3.63) is 88.0 Å². The third-order valence-electron chi connectivity index (χ3n) is 7.93. The first-order valence-electron chi connectivity index (χ1n) is 13.9. The second-order valence-corrected chi connectivity index (χ2v) is 12.8. The fraction of sp³-hybridized carbons (Fsp3) is 0.333. The van der Waals surface area contributed by atoms with Crippen molar-refractivity contribution in [2.24, 2.45) is 10.8 Å². The minimum Gasteiger partial charge on any atom is -0.424 e. The molecule has 0 fully saturated rings. The third-order valence-corrected chi connectivity index (χ3v) is 7.93. The van der Waals surface area contributed by atoms with E-state index in [1.807, 2.05) is 38.1 Å². The van der Waals surface area contributed by atoms with Gasteiger partial charge in [-0.1, -0.05) is 52.0 Å². The highest BCUT2D eigenvalue weighted by Gasteiger charge is 2.36. The van der Waals surface area contributed by atoms with Gasteiger partial charge >= 0.3 is 5.63 Å². The second-order valence-electron chi connectivity index (χ2n) is 12.8. The quantitative estimate of drug-likeness (QED) is 0.249. The van der Waals surface area contributed by atoms with Crippen LogP contribution in [0.5, 0.6) is 0 Å². The lowest BCUT2D eigenvalue weighted by atomic mass is 9.65. The highest BCUT2D eigenvalue weighted by Crippen LogP contribution is 2.49. The molecule has 6 rings (SSSR count). The topological polar surface area (TPSA) is 99.8 Å². The molecule has 7 nitrogen and oxygen atoms in total. The molecule has 3 heterocycles. The van der Waals surface area contributed by atoms with E-state index >= 15 is 0 Å². The molecule has 0 spiro atoms. The molecule has 1 atom stereocenters. The van der Waals surface area contributed by atoms with Crippen molar-refractivity contribution in [2.75, 3.05) is 5.73 Å². The summed E-state index contributed by atoms with van der Waals surface area (Å²) in [6, 6.07) is 11.8. The lowest BCUT2D eigenvalue weighted by Gasteiger charge is -2.40. The summed E-state index contributed by atoms with van der Waals surface area (Å²) in [7, 11) is 0. The monoisotopic (exact) mass is 551 g/mol. The van der Waals surface area contributed by atoms with Crippen LogP contribution in [0.3, 0.4) is 0 Å². The first kappa shape index (κ1) is 26.9. The van der Waals surface area contributed by atoms with Crippen molar-refractivity contribution in [1.29, 1.82) is 0 Å². The van der Waals surface area contributed by atoms with Gasteiger partial charge in [0.05, 0.1) is 10.8 Å². The lowest BCUT2D eigenvalue weighted by Crippen LogP contribution is -2.27. The molecule has 2 aromatic carbocycles. The van der Waals surface area contributed by atoms with Crippen LogP contribution in [0, 0.1) is 23.6 Å². The number of nitrogens with zero attached hydrogens (tertiary/aromatic N) is 4. The molecule has 1 unspecified atom stereocenters. The summed E-state index contributed by atoms with van der Waals surface area (Å²) in [6.45, 7) is 12.8. The fourth-order valence-electron chi connectivity index (χ4n) is 6.84. The SMILES string of the molecule is Cc1cc(F)cc(-c2nn(C(C)c3oc(=O)c4ccccc4c3C3=CC(C)(C)CC(C)(C)C3)c3ncnc(N)c23)c1. The molecule has 0 bridgehead atoms. The molecule has 210 valence electrons. The Morgan fingerprint density at radius 3 is 2.51 bits per heavy atom. The van der Waals surface area contributed by atoms with Crippen molar-refractivity contribution < 1.29 is 8.81 Å². The average molecular weight is 552 g/mol. The van der Waals surface area contributed by atoms with Crippen molar-refractivity contribution in [3.63, 3.8) is 0 Å². The first-order valence-corrected chi connectivity index (χ1v) is 13.9. The standard InChI is InChI=1S/C33H34FN5O2/c1-18-11-20(13-22(34)12-18)27-26-29(35)36-17-37-30(26)39(38-27)19(2)28-25(21-14-32(3,4)16-33(5,6)15-21)23-9-7-8-10-24(23)31(40)41-28/h7-14,17,19H,15-16H2,1-6H3,(H2,35,36,37). The maximum atomic E-state index is 14.5. The van der Waals surface area contributed by atoms with Crippen LogP contribution in [0.25, 0.3) is 38.6 Å². The Labute approximate surface area is 237 Å². The Balaban J connectivity index is 1.64. The van der Waals surface area contributed by atoms with Crippen LogP contribution in [0.15, 0.2) is 64.1 Å². The molecule has 41 heavy (non-hydrogen) atoms. The zero-order valence-corrected chi connectivity index (χ0v) is 24.2. The molecule has 2 N–H and O–H groups in total. The average Bonchev–Trinajstić information content (AvgIpc) is 3.27. The molecule has 0 saturated carbocycles. The molecule has 0 amide bonds. The van der Waals surface area contributed by atoms with E-state index < -0.39 is 11.7 Å². The van der Waals surface area contributed by atoms with E-state index in [0.717, 1.165) is 34.9 Å². The molecule has 8 heteroatoms. The van der Waals surface area contributed by atoms with Crippen LogP contribution in [-0.4, -0.2) is 19.7 Å². The number of halogens is 1.